The summed E-state index contributed by atoms with van der Waals surface area (Å²) < 4.78 is 0. The number of allylic oxidation sites excluding steroid dienone is 2. The summed E-state index contributed by atoms with van der Waals surface area (Å²) in [5.41, 5.74) is 0.427. The lowest BCUT2D eigenvalue weighted by Gasteiger charge is -1.84. The predicted molar refractivity (Wildman–Crippen MR) is 38.8 cm³/mol. The molecular weight excluding hydrogens is 135 g/mol. The van der Waals surface area contributed by atoms with Crippen molar-refractivity contribution in [2.45, 2.75) is 0 Å². The van der Waals surface area contributed by atoms with E-state index in [1.807, 2.05) is 5.80 Å². The number of carbonyl (C=O) groups excluding carboxylic acids is 1. The van der Waals surface area contributed by atoms with Gasteiger partial charge in [0.25, 0.3) is 0 Å². The molecule has 0 saturated carbocycles. The molecule has 0 aliphatic carbocycles. The molecule has 0 unspecified atom stereocenters. The maximum atomic E-state index is 10.1. The lowest BCUT2D eigenvalue weighted by atomic mass is 10.4. The Kier molecular flexibility index (Phi) is 2.16. The Hall–Kier alpha value is -0.950. The summed E-state index contributed by atoms with van der Waals surface area (Å²) in [4.78, 5) is 10.1. The number of hydrogen-bond donors (Lipinski definition) is 1. The molecule has 1 heterocycles. The van der Waals surface area contributed by atoms with Gasteiger partial charge >= 0.3 is 0 Å². The molecule has 4 heteroatoms. The molecule has 0 spiro atoms. The van der Waals surface area contributed by atoms with E-state index in [-0.39, 0.29) is 0 Å². The zero-order chi connectivity index (χ0) is 6.53. The minimum absolute atomic E-state index is 0.427. The van der Waals surface area contributed by atoms with E-state index in [1.165, 1.54) is 0 Å². The van der Waals surface area contributed by atoms with Gasteiger partial charge in [-0.15, -0.1) is 0 Å². The Bertz CT molecular complexity index is 195. The molecule has 1 aliphatic rings. The number of hydrogen-bond acceptors (Lipinski definition) is 3. The molecule has 0 fully saturated rings. The van der Waals surface area contributed by atoms with Gasteiger partial charge in [0.05, 0.1) is 0 Å². The second-order valence-corrected chi connectivity index (χ2v) is 2.15. The minimum atomic E-state index is 0.427. The molecule has 1 N–H and O–H groups in total. The Morgan fingerprint density at radius 1 is 1.78 bits per heavy atom. The van der Waals surface area contributed by atoms with Crippen LogP contribution in [0.25, 0.3) is 0 Å². The van der Waals surface area contributed by atoms with Crippen molar-refractivity contribution in [1.29, 1.82) is 0 Å². The average molecular weight is 140 g/mol. The van der Waals surface area contributed by atoms with E-state index in [9.17, 15) is 4.79 Å². The zero-order valence-electron chi connectivity index (χ0n) is 4.61. The van der Waals surface area contributed by atoms with Crippen molar-refractivity contribution in [1.82, 2.24) is 5.20 Å². The van der Waals surface area contributed by atoms with E-state index in [0.29, 0.717) is 12.0 Å². The van der Waals surface area contributed by atoms with E-state index in [4.69, 9.17) is 0 Å². The number of rotatable bonds is 1. The van der Waals surface area contributed by atoms with Crippen LogP contribution in [0.5, 0.6) is 0 Å². The van der Waals surface area contributed by atoms with Crippen LogP contribution in [0.15, 0.2) is 17.3 Å². The number of nitrogens with one attached hydrogen (secondary N) is 1. The Balaban J connectivity index is 2.74. The second-order valence-electron chi connectivity index (χ2n) is 1.39. The van der Waals surface area contributed by atoms with Gasteiger partial charge in [-0.2, -0.15) is 5.10 Å². The first-order chi connectivity index (χ1) is 4.43. The molecule has 9 heavy (non-hydrogen) atoms. The first kappa shape index (κ1) is 6.17. The number of carbonyl (C=O) groups is 1. The van der Waals surface area contributed by atoms with Crippen LogP contribution in [-0.4, -0.2) is 17.8 Å². The highest BCUT2D eigenvalue weighted by Gasteiger charge is 1.89. The molecule has 3 nitrogen and oxygen atoms in total. The standard InChI is InChI=1S/C5H5N2OP/c8-4-5-2-1-3-9-7-6-5/h1-4,7H. The summed E-state index contributed by atoms with van der Waals surface area (Å²) >= 11 is 0. The fourth-order valence-electron chi connectivity index (χ4n) is 0.407. The fraction of sp³-hybridized carbons (Fsp3) is 0. The summed E-state index contributed by atoms with van der Waals surface area (Å²) in [7, 11) is 0.901. The van der Waals surface area contributed by atoms with Gasteiger partial charge in [0, 0.05) is 8.35 Å². The molecule has 0 atom stereocenters. The van der Waals surface area contributed by atoms with Crippen LogP contribution >= 0.6 is 8.35 Å². The van der Waals surface area contributed by atoms with Crippen molar-refractivity contribution >= 4 is 26.1 Å². The van der Waals surface area contributed by atoms with Gasteiger partial charge in [-0.25, -0.2) is 0 Å². The molecule has 0 saturated heterocycles. The third-order valence-electron chi connectivity index (χ3n) is 0.785. The third-order valence-corrected chi connectivity index (χ3v) is 1.32. The lowest BCUT2D eigenvalue weighted by Crippen LogP contribution is -1.98. The van der Waals surface area contributed by atoms with Gasteiger partial charge in [-0.1, -0.05) is 6.08 Å². The van der Waals surface area contributed by atoms with Gasteiger partial charge in [0.2, 0.25) is 0 Å². The number of nitrogens with zero attached hydrogens (tertiary/aromatic N) is 1. The van der Waals surface area contributed by atoms with Crippen LogP contribution in [0.4, 0.5) is 0 Å². The van der Waals surface area contributed by atoms with Crippen molar-refractivity contribution in [2.75, 3.05) is 0 Å². The second kappa shape index (κ2) is 3.15. The topological polar surface area (TPSA) is 41.5 Å². The molecule has 0 bridgehead atoms. The lowest BCUT2D eigenvalue weighted by molar-refractivity contribution is -0.102. The summed E-state index contributed by atoms with van der Waals surface area (Å²) in [5.74, 6) is 1.86. The first-order valence-electron chi connectivity index (χ1n) is 2.41. The smallest absolute Gasteiger partial charge is 0.170 e. The first-order valence-corrected chi connectivity index (χ1v) is 3.37. The fourth-order valence-corrected chi connectivity index (χ4v) is 0.819. The molecular formula is C5H5N2OP. The van der Waals surface area contributed by atoms with Crippen molar-refractivity contribution in [3.05, 3.63) is 12.2 Å². The van der Waals surface area contributed by atoms with Crippen LogP contribution in [0.2, 0.25) is 0 Å². The monoisotopic (exact) mass is 140 g/mol. The van der Waals surface area contributed by atoms with Crippen LogP contribution in [0.3, 0.4) is 0 Å². The van der Waals surface area contributed by atoms with Crippen molar-refractivity contribution in [3.8, 4) is 0 Å². The van der Waals surface area contributed by atoms with Crippen LogP contribution in [0, 0.1) is 0 Å². The van der Waals surface area contributed by atoms with E-state index < -0.39 is 0 Å². The largest absolute Gasteiger partial charge is 0.296 e. The highest BCUT2D eigenvalue weighted by Crippen LogP contribution is 1.90. The van der Waals surface area contributed by atoms with E-state index in [2.05, 4.69) is 10.3 Å². The SMILES string of the molecule is O=CC1=NNP=CC=C1. The highest BCUT2D eigenvalue weighted by atomic mass is 31.1. The Morgan fingerprint density at radius 2 is 2.67 bits per heavy atom. The van der Waals surface area contributed by atoms with Gasteiger partial charge in [0.15, 0.2) is 6.29 Å². The van der Waals surface area contributed by atoms with Crippen molar-refractivity contribution in [3.63, 3.8) is 0 Å². The quantitative estimate of drug-likeness (QED) is 0.422. The van der Waals surface area contributed by atoms with Crippen molar-refractivity contribution < 1.29 is 4.79 Å². The van der Waals surface area contributed by atoms with Crippen LogP contribution in [0.1, 0.15) is 0 Å². The summed E-state index contributed by atoms with van der Waals surface area (Å²) in [6.07, 6.45) is 4.15. The van der Waals surface area contributed by atoms with E-state index in [1.54, 1.807) is 12.2 Å². The molecule has 0 aromatic rings. The molecule has 46 valence electrons. The number of aldehydes is 1. The molecule has 0 radical (unpaired) electrons. The van der Waals surface area contributed by atoms with Gasteiger partial charge in [-0.3, -0.25) is 9.99 Å². The normalized spacial score (nSPS) is 17.6. The molecule has 0 aromatic carbocycles. The molecule has 0 aromatic heterocycles. The summed E-state index contributed by atoms with van der Waals surface area (Å²) in [6, 6.07) is 0. The zero-order valence-corrected chi connectivity index (χ0v) is 5.51. The summed E-state index contributed by atoms with van der Waals surface area (Å²) in [6.45, 7) is 0. The Labute approximate surface area is 54.3 Å². The average Bonchev–Trinajstić information content (AvgIpc) is 2.13. The third kappa shape index (κ3) is 1.78. The van der Waals surface area contributed by atoms with Crippen molar-refractivity contribution in [2.24, 2.45) is 5.10 Å². The molecule has 1 rings (SSSR count). The van der Waals surface area contributed by atoms with Gasteiger partial charge in [0.1, 0.15) is 5.71 Å². The molecule has 0 amide bonds. The molecule has 1 aliphatic heterocycles. The minimum Gasteiger partial charge on any atom is -0.296 e. The maximum Gasteiger partial charge on any atom is 0.170 e. The maximum absolute atomic E-state index is 10.1. The predicted octanol–water partition coefficient (Wildman–Crippen LogP) is 0.364. The van der Waals surface area contributed by atoms with Gasteiger partial charge in [-0.05, 0) is 11.9 Å². The number of hydrazone groups is 1. The van der Waals surface area contributed by atoms with E-state index in [0.717, 1.165) is 8.35 Å². The Morgan fingerprint density at radius 3 is 3.44 bits per heavy atom. The van der Waals surface area contributed by atoms with Crippen LogP contribution in [-0.2, 0) is 4.79 Å². The van der Waals surface area contributed by atoms with E-state index >= 15 is 0 Å². The van der Waals surface area contributed by atoms with Crippen LogP contribution < -0.4 is 5.20 Å². The van der Waals surface area contributed by atoms with Gasteiger partial charge < -0.3 is 0 Å². The summed E-state index contributed by atoms with van der Waals surface area (Å²) in [5, 5.41) is 6.37. The highest BCUT2D eigenvalue weighted by molar-refractivity contribution is 7.36.